The molecule has 1 aromatic heterocycles. The van der Waals surface area contributed by atoms with Crippen molar-refractivity contribution in [1.29, 1.82) is 0 Å². The number of carbonyl (C=O) groups is 1. The first-order valence-corrected chi connectivity index (χ1v) is 17.0. The number of nitrogens with zero attached hydrogens (tertiary/aromatic N) is 3. The van der Waals surface area contributed by atoms with Gasteiger partial charge in [0, 0.05) is 23.8 Å². The van der Waals surface area contributed by atoms with Crippen molar-refractivity contribution in [2.45, 2.75) is 81.2 Å². The second kappa shape index (κ2) is 13.9. The Bertz CT molecular complexity index is 1890. The summed E-state index contributed by atoms with van der Waals surface area (Å²) in [7, 11) is -3.82. The fraction of sp³-hybridized carbons (Fsp3) is 0.516. The van der Waals surface area contributed by atoms with Crippen LogP contribution in [0, 0.1) is 29.4 Å². The van der Waals surface area contributed by atoms with Crippen LogP contribution in [0.25, 0.3) is 0 Å². The summed E-state index contributed by atoms with van der Waals surface area (Å²) in [6.45, 7) is 4.85. The maximum atomic E-state index is 15.1. The molecule has 3 N–H and O–H groups in total. The highest BCUT2D eigenvalue weighted by atomic mass is 32.2. The average Bonchev–Trinajstić information content (AvgIpc) is 3.60. The Kier molecular flexibility index (Phi) is 10.8. The molecule has 2 aliphatic carbocycles. The van der Waals surface area contributed by atoms with Gasteiger partial charge in [0.25, 0.3) is 5.92 Å². The van der Waals surface area contributed by atoms with Gasteiger partial charge in [-0.2, -0.15) is 40.2 Å². The SMILES string of the molecule is C=C(/N=C(/C#CC(C)(C)S(C)(=O)=O)C(C)NNCC(F)(F)F)[C@H](Cc1cc(F)cc(F)c1)NC(=O)Cn1nc(C(F)(F)F)c2c1C(F)(F)[C@@H]1CC21. The molecule has 20 heteroatoms. The molecule has 2 aromatic rings. The lowest BCUT2D eigenvalue weighted by atomic mass is 10.0. The Morgan fingerprint density at radius 1 is 1.14 bits per heavy atom. The first kappa shape index (κ1) is 39.8. The van der Waals surface area contributed by atoms with E-state index >= 15 is 8.78 Å². The highest BCUT2D eigenvalue weighted by molar-refractivity contribution is 7.92. The molecule has 4 atom stereocenters. The Labute approximate surface area is 285 Å². The summed E-state index contributed by atoms with van der Waals surface area (Å²) in [6.07, 6.45) is -9.53. The van der Waals surface area contributed by atoms with Crippen molar-refractivity contribution >= 4 is 21.5 Å². The van der Waals surface area contributed by atoms with E-state index in [1.165, 1.54) is 20.8 Å². The van der Waals surface area contributed by atoms with E-state index in [-0.39, 0.29) is 28.1 Å². The maximum Gasteiger partial charge on any atom is 0.435 e. The molecule has 1 fully saturated rings. The molecule has 1 saturated carbocycles. The summed E-state index contributed by atoms with van der Waals surface area (Å²) >= 11 is 0. The fourth-order valence-electron chi connectivity index (χ4n) is 5.33. The van der Waals surface area contributed by atoms with E-state index in [1.807, 2.05) is 5.43 Å². The number of hydrogen-bond acceptors (Lipinski definition) is 7. The molecule has 2 unspecified atom stereocenters. The number of amides is 1. The number of halogens is 10. The number of hydrazine groups is 1. The minimum absolute atomic E-state index is 0.0935. The van der Waals surface area contributed by atoms with Crippen molar-refractivity contribution in [1.82, 2.24) is 25.9 Å². The minimum Gasteiger partial charge on any atom is -0.346 e. The zero-order valence-electron chi connectivity index (χ0n) is 27.3. The summed E-state index contributed by atoms with van der Waals surface area (Å²) in [5.74, 6) is -4.47. The smallest absolute Gasteiger partial charge is 0.346 e. The molecule has 0 spiro atoms. The predicted octanol–water partition coefficient (Wildman–Crippen LogP) is 4.94. The zero-order chi connectivity index (χ0) is 38.5. The summed E-state index contributed by atoms with van der Waals surface area (Å²) in [5, 5.41) is 5.64. The van der Waals surface area contributed by atoms with Crippen molar-refractivity contribution in [3.8, 4) is 11.8 Å². The number of rotatable bonds is 12. The van der Waals surface area contributed by atoms with E-state index < -0.39 is 111 Å². The first-order valence-electron chi connectivity index (χ1n) is 15.1. The lowest BCUT2D eigenvalue weighted by Crippen LogP contribution is -2.47. The minimum atomic E-state index is -5.10. The lowest BCUT2D eigenvalue weighted by Gasteiger charge is -2.22. The van der Waals surface area contributed by atoms with Crippen molar-refractivity contribution in [3.63, 3.8) is 0 Å². The molecule has 1 heterocycles. The molecular formula is C31H32F10N6O3S. The molecule has 280 valence electrons. The molecule has 0 radical (unpaired) electrons. The van der Waals surface area contributed by atoms with E-state index in [1.54, 1.807) is 0 Å². The van der Waals surface area contributed by atoms with Crippen LogP contribution in [0.3, 0.4) is 0 Å². The lowest BCUT2D eigenvalue weighted by molar-refractivity contribution is -0.142. The van der Waals surface area contributed by atoms with E-state index in [0.29, 0.717) is 6.07 Å². The van der Waals surface area contributed by atoms with Gasteiger partial charge in [-0.1, -0.05) is 12.5 Å². The van der Waals surface area contributed by atoms with Gasteiger partial charge in [-0.25, -0.2) is 33.0 Å². The van der Waals surface area contributed by atoms with Crippen LogP contribution in [-0.2, 0) is 39.7 Å². The Morgan fingerprint density at radius 3 is 2.29 bits per heavy atom. The Morgan fingerprint density at radius 2 is 1.75 bits per heavy atom. The normalized spacial score (nSPS) is 19.8. The number of alkyl halides is 8. The highest BCUT2D eigenvalue weighted by Gasteiger charge is 2.68. The first-order chi connectivity index (χ1) is 23.2. The van der Waals surface area contributed by atoms with E-state index in [2.05, 4.69) is 39.3 Å². The number of aliphatic imine (C=N–C) groups is 1. The number of benzene rings is 1. The van der Waals surface area contributed by atoms with Gasteiger partial charge in [-0.05, 0) is 63.1 Å². The average molecular weight is 759 g/mol. The second-order valence-corrected chi connectivity index (χ2v) is 15.4. The number of hydrogen-bond donors (Lipinski definition) is 3. The van der Waals surface area contributed by atoms with Crippen LogP contribution in [0.4, 0.5) is 43.9 Å². The molecule has 1 aromatic carbocycles. The van der Waals surface area contributed by atoms with Crippen LogP contribution in [0.2, 0.25) is 0 Å². The van der Waals surface area contributed by atoms with Crippen molar-refractivity contribution < 1.29 is 57.1 Å². The standard InChI is InChI=1S/C31H32F10N6O3S/c1-15(43-22(6-7-28(3,4)51(5,49)50)16(2)45-42-14-29(34,35)36)23(10-17-8-18(32)11-19(33)9-17)44-24(48)13-47-27-25(26(46-47)31(39,40)41)20-12-21(20)30(27,37)38/h8-9,11,16,20-21,23,42,45H,1,10,12-14H2,2-5H3,(H,44,48)/b43-22-/t16?,20?,21-,23+/m1/s1. The molecule has 0 bridgehead atoms. The number of nitrogens with one attached hydrogen (secondary N) is 3. The van der Waals surface area contributed by atoms with Gasteiger partial charge in [0.1, 0.15) is 40.9 Å². The van der Waals surface area contributed by atoms with Crippen LogP contribution >= 0.6 is 0 Å². The van der Waals surface area contributed by atoms with Gasteiger partial charge < -0.3 is 5.32 Å². The quantitative estimate of drug-likeness (QED) is 0.122. The second-order valence-electron chi connectivity index (χ2n) is 12.8. The van der Waals surface area contributed by atoms with Gasteiger partial charge in [0.15, 0.2) is 15.5 Å². The third-order valence-corrected chi connectivity index (χ3v) is 10.2. The van der Waals surface area contributed by atoms with Crippen LogP contribution in [0.1, 0.15) is 55.6 Å². The molecule has 1 amide bonds. The third-order valence-electron chi connectivity index (χ3n) is 8.29. The van der Waals surface area contributed by atoms with Crippen LogP contribution in [-0.4, -0.2) is 65.6 Å². The topological polar surface area (TPSA) is 117 Å². The van der Waals surface area contributed by atoms with E-state index in [0.717, 1.165) is 18.4 Å². The van der Waals surface area contributed by atoms with Crippen molar-refractivity contribution in [2.75, 3.05) is 12.8 Å². The van der Waals surface area contributed by atoms with E-state index in [4.69, 9.17) is 0 Å². The van der Waals surface area contributed by atoms with Gasteiger partial charge in [0.05, 0.1) is 17.8 Å². The number of aromatic nitrogens is 2. The Balaban J connectivity index is 1.70. The van der Waals surface area contributed by atoms with E-state index in [9.17, 15) is 48.3 Å². The molecule has 0 aliphatic heterocycles. The summed E-state index contributed by atoms with van der Waals surface area (Å²) < 4.78 is 161. The largest absolute Gasteiger partial charge is 0.435 e. The summed E-state index contributed by atoms with van der Waals surface area (Å²) in [6, 6.07) is -0.376. The summed E-state index contributed by atoms with van der Waals surface area (Å²) in [4.78, 5) is 17.5. The predicted molar refractivity (Wildman–Crippen MR) is 164 cm³/mol. The molecule has 0 saturated heterocycles. The van der Waals surface area contributed by atoms with Gasteiger partial charge in [-0.15, -0.1) is 0 Å². The van der Waals surface area contributed by atoms with Crippen molar-refractivity contribution in [2.24, 2.45) is 10.9 Å². The van der Waals surface area contributed by atoms with Crippen LogP contribution in [0.5, 0.6) is 0 Å². The van der Waals surface area contributed by atoms with Gasteiger partial charge >= 0.3 is 12.4 Å². The third kappa shape index (κ3) is 9.29. The molecule has 4 rings (SSSR count). The molecular weight excluding hydrogens is 726 g/mol. The summed E-state index contributed by atoms with van der Waals surface area (Å²) in [5.41, 5.74) is 0.141. The number of carbonyl (C=O) groups excluding carboxylic acids is 1. The molecule has 2 aliphatic rings. The maximum absolute atomic E-state index is 15.1. The molecule has 51 heavy (non-hydrogen) atoms. The van der Waals surface area contributed by atoms with Gasteiger partial charge in [-0.3, -0.25) is 9.48 Å². The van der Waals surface area contributed by atoms with Crippen molar-refractivity contribution in [3.05, 3.63) is 64.6 Å². The number of sulfone groups is 1. The zero-order valence-corrected chi connectivity index (χ0v) is 28.1. The fourth-order valence-corrected chi connectivity index (χ4v) is 5.57. The monoisotopic (exact) mass is 758 g/mol. The Hall–Kier alpha value is -3.96. The van der Waals surface area contributed by atoms with Crippen LogP contribution in [0.15, 0.2) is 35.5 Å². The van der Waals surface area contributed by atoms with Gasteiger partial charge in [0.2, 0.25) is 5.91 Å². The number of fused-ring (bicyclic) bond motifs is 3. The highest BCUT2D eigenvalue weighted by Crippen LogP contribution is 2.68. The van der Waals surface area contributed by atoms with Crippen LogP contribution < -0.4 is 16.2 Å². The molecule has 9 nitrogen and oxygen atoms in total.